The fraction of sp³-hybridized carbons (Fsp3) is 0.0909. The van der Waals surface area contributed by atoms with E-state index in [1.54, 1.807) is 18.5 Å². The molecule has 0 fully saturated rings. The molecule has 0 unspecified atom stereocenters. The number of nitrogens with one attached hydrogen (secondary N) is 1. The molecule has 0 amide bonds. The van der Waals surface area contributed by atoms with Crippen LogP contribution in [0.1, 0.15) is 11.1 Å². The first-order valence-electron chi connectivity index (χ1n) is 9.15. The van der Waals surface area contributed by atoms with Crippen LogP contribution >= 0.6 is 11.6 Å². The third-order valence-electron chi connectivity index (χ3n) is 4.42. The van der Waals surface area contributed by atoms with Gasteiger partial charge in [0.05, 0.1) is 4.90 Å². The molecule has 0 bridgehead atoms. The number of pyridine rings is 1. The molecule has 4 aromatic rings. The number of rotatable bonds is 6. The molecule has 0 saturated carbocycles. The van der Waals surface area contributed by atoms with Crippen molar-refractivity contribution in [3.05, 3.63) is 89.2 Å². The minimum atomic E-state index is -3.93. The van der Waals surface area contributed by atoms with E-state index in [1.165, 1.54) is 24.3 Å². The van der Waals surface area contributed by atoms with Crippen molar-refractivity contribution < 1.29 is 12.8 Å². The Hall–Kier alpha value is -3.16. The number of aromatic nitrogens is 2. The van der Waals surface area contributed by atoms with Crippen LogP contribution < -0.4 is 5.32 Å². The topological polar surface area (TPSA) is 85.1 Å². The molecule has 0 radical (unpaired) electrons. The average molecular weight is 440 g/mol. The number of nitrogens with zero attached hydrogens (tertiary/aromatic N) is 2. The van der Waals surface area contributed by atoms with Crippen molar-refractivity contribution in [2.45, 2.75) is 23.4 Å². The van der Waals surface area contributed by atoms with Crippen LogP contribution in [-0.4, -0.2) is 18.4 Å². The number of hydrogen-bond donors (Lipinski definition) is 1. The SMILES string of the molecule is Cc1cccc(-c2nc(S(=O)(=O)c3ccc(Cl)cc3)c(NCc3cccnc3)o2)c1. The second kappa shape index (κ2) is 8.30. The molecule has 0 aliphatic heterocycles. The number of aryl methyl sites for hydroxylation is 1. The number of benzene rings is 2. The molecule has 0 atom stereocenters. The van der Waals surface area contributed by atoms with E-state index in [1.807, 2.05) is 37.3 Å². The van der Waals surface area contributed by atoms with E-state index < -0.39 is 9.84 Å². The summed E-state index contributed by atoms with van der Waals surface area (Å²) in [6.45, 7) is 2.28. The summed E-state index contributed by atoms with van der Waals surface area (Å²) in [7, 11) is -3.93. The van der Waals surface area contributed by atoms with Crippen molar-refractivity contribution >= 4 is 27.3 Å². The van der Waals surface area contributed by atoms with Gasteiger partial charge in [-0.25, -0.2) is 8.42 Å². The van der Waals surface area contributed by atoms with Crippen molar-refractivity contribution in [2.24, 2.45) is 0 Å². The molecular weight excluding hydrogens is 422 g/mol. The normalized spacial score (nSPS) is 11.4. The number of anilines is 1. The van der Waals surface area contributed by atoms with Crippen molar-refractivity contribution in [2.75, 3.05) is 5.32 Å². The fourth-order valence-electron chi connectivity index (χ4n) is 2.91. The Morgan fingerprint density at radius 2 is 1.87 bits per heavy atom. The minimum absolute atomic E-state index is 0.0744. The lowest BCUT2D eigenvalue weighted by Crippen LogP contribution is -2.07. The largest absolute Gasteiger partial charge is 0.419 e. The molecule has 6 nitrogen and oxygen atoms in total. The average Bonchev–Trinajstić information content (AvgIpc) is 3.19. The van der Waals surface area contributed by atoms with E-state index in [9.17, 15) is 8.42 Å². The molecule has 0 aliphatic carbocycles. The Bertz CT molecular complexity index is 1270. The van der Waals surface area contributed by atoms with Gasteiger partial charge in [-0.3, -0.25) is 4.98 Å². The Kier molecular flexibility index (Phi) is 5.57. The zero-order valence-electron chi connectivity index (χ0n) is 16.0. The molecule has 0 spiro atoms. The molecule has 1 N–H and O–H groups in total. The van der Waals surface area contributed by atoms with Crippen LogP contribution in [0.15, 0.2) is 87.4 Å². The zero-order valence-corrected chi connectivity index (χ0v) is 17.6. The van der Waals surface area contributed by atoms with Gasteiger partial charge >= 0.3 is 0 Å². The molecule has 8 heteroatoms. The van der Waals surface area contributed by atoms with E-state index in [-0.39, 0.29) is 21.7 Å². The van der Waals surface area contributed by atoms with Gasteiger partial charge in [-0.05, 0) is 55.0 Å². The maximum absolute atomic E-state index is 13.3. The smallest absolute Gasteiger partial charge is 0.234 e. The van der Waals surface area contributed by atoms with Crippen LogP contribution in [0.4, 0.5) is 5.88 Å². The third kappa shape index (κ3) is 4.22. The van der Waals surface area contributed by atoms with E-state index >= 15 is 0 Å². The van der Waals surface area contributed by atoms with Crippen molar-refractivity contribution in [1.82, 2.24) is 9.97 Å². The van der Waals surface area contributed by atoms with Crippen LogP contribution in [0.2, 0.25) is 5.02 Å². The van der Waals surface area contributed by atoms with Gasteiger partial charge in [0.15, 0.2) is 0 Å². The van der Waals surface area contributed by atoms with Crippen molar-refractivity contribution in [3.63, 3.8) is 0 Å². The fourth-order valence-corrected chi connectivity index (χ4v) is 4.32. The molecule has 152 valence electrons. The van der Waals surface area contributed by atoms with E-state index in [0.29, 0.717) is 17.1 Å². The highest BCUT2D eigenvalue weighted by Gasteiger charge is 2.28. The van der Waals surface area contributed by atoms with Crippen LogP contribution in [0.3, 0.4) is 0 Å². The first-order valence-corrected chi connectivity index (χ1v) is 11.0. The van der Waals surface area contributed by atoms with E-state index in [4.69, 9.17) is 16.0 Å². The Balaban J connectivity index is 1.77. The van der Waals surface area contributed by atoms with Crippen LogP contribution in [-0.2, 0) is 16.4 Å². The first-order chi connectivity index (χ1) is 14.4. The molecule has 0 saturated heterocycles. The van der Waals surface area contributed by atoms with Gasteiger partial charge in [0, 0.05) is 29.5 Å². The summed E-state index contributed by atoms with van der Waals surface area (Å²) in [6, 6.07) is 17.2. The number of halogens is 1. The van der Waals surface area contributed by atoms with Gasteiger partial charge in [-0.2, -0.15) is 4.98 Å². The molecule has 2 aromatic carbocycles. The predicted molar refractivity (Wildman–Crippen MR) is 115 cm³/mol. The molecule has 0 aliphatic rings. The second-order valence-corrected chi connectivity index (χ2v) is 9.00. The Labute approximate surface area is 179 Å². The first kappa shape index (κ1) is 20.1. The van der Waals surface area contributed by atoms with Crippen LogP contribution in [0.25, 0.3) is 11.5 Å². The summed E-state index contributed by atoms with van der Waals surface area (Å²) >= 11 is 5.91. The van der Waals surface area contributed by atoms with E-state index in [0.717, 1.165) is 11.1 Å². The lowest BCUT2D eigenvalue weighted by molar-refractivity contribution is 0.576. The number of sulfone groups is 1. The lowest BCUT2D eigenvalue weighted by Gasteiger charge is -2.06. The van der Waals surface area contributed by atoms with Crippen molar-refractivity contribution in [3.8, 4) is 11.5 Å². The predicted octanol–water partition coefficient (Wildman–Crippen LogP) is 5.14. The molecule has 2 heterocycles. The number of oxazole rings is 1. The van der Waals surface area contributed by atoms with Gasteiger partial charge in [0.1, 0.15) is 0 Å². The van der Waals surface area contributed by atoms with E-state index in [2.05, 4.69) is 15.3 Å². The second-order valence-electron chi connectivity index (χ2n) is 6.69. The zero-order chi connectivity index (χ0) is 21.1. The Morgan fingerprint density at radius 3 is 2.57 bits per heavy atom. The summed E-state index contributed by atoms with van der Waals surface area (Å²) in [5.74, 6) is 0.297. The monoisotopic (exact) mass is 439 g/mol. The molecule has 4 rings (SSSR count). The summed E-state index contributed by atoms with van der Waals surface area (Å²) < 4.78 is 32.4. The van der Waals surface area contributed by atoms with Gasteiger partial charge in [-0.15, -0.1) is 0 Å². The summed E-state index contributed by atoms with van der Waals surface area (Å²) in [6.07, 6.45) is 3.36. The van der Waals surface area contributed by atoms with Gasteiger partial charge in [0.2, 0.25) is 26.6 Å². The highest BCUT2D eigenvalue weighted by Crippen LogP contribution is 2.33. The lowest BCUT2D eigenvalue weighted by atomic mass is 10.1. The Morgan fingerprint density at radius 1 is 1.07 bits per heavy atom. The number of hydrogen-bond acceptors (Lipinski definition) is 6. The van der Waals surface area contributed by atoms with Crippen molar-refractivity contribution in [1.29, 1.82) is 0 Å². The summed E-state index contributed by atoms with van der Waals surface area (Å²) in [5, 5.41) is 3.32. The van der Waals surface area contributed by atoms with Crippen LogP contribution in [0.5, 0.6) is 0 Å². The summed E-state index contributed by atoms with van der Waals surface area (Å²) in [4.78, 5) is 8.49. The minimum Gasteiger partial charge on any atom is -0.419 e. The maximum Gasteiger partial charge on any atom is 0.234 e. The highest BCUT2D eigenvalue weighted by atomic mass is 35.5. The molecular formula is C22H18ClN3O3S. The van der Waals surface area contributed by atoms with Gasteiger partial charge in [-0.1, -0.05) is 35.4 Å². The van der Waals surface area contributed by atoms with Crippen LogP contribution in [0, 0.1) is 6.92 Å². The standard InChI is InChI=1S/C22H18ClN3O3S/c1-15-4-2-6-17(12-15)20-26-22(30(27,28)19-9-7-18(23)8-10-19)21(29-20)25-14-16-5-3-11-24-13-16/h2-13,25H,14H2,1H3. The van der Waals surface area contributed by atoms with Gasteiger partial charge in [0.25, 0.3) is 0 Å². The highest BCUT2D eigenvalue weighted by molar-refractivity contribution is 7.91. The molecule has 2 aromatic heterocycles. The maximum atomic E-state index is 13.3. The molecule has 30 heavy (non-hydrogen) atoms. The van der Waals surface area contributed by atoms with Gasteiger partial charge < -0.3 is 9.73 Å². The third-order valence-corrected chi connectivity index (χ3v) is 6.35. The summed E-state index contributed by atoms with van der Waals surface area (Å²) in [5.41, 5.74) is 2.58. The quantitative estimate of drug-likeness (QED) is 0.447.